The van der Waals surface area contributed by atoms with Gasteiger partial charge in [0.25, 0.3) is 0 Å². The van der Waals surface area contributed by atoms with Crippen LogP contribution in [0.4, 0.5) is 4.39 Å². The molecule has 0 radical (unpaired) electrons. The number of hydrogen-bond donors (Lipinski definition) is 0. The van der Waals surface area contributed by atoms with Crippen LogP contribution in [0.5, 0.6) is 0 Å². The fourth-order valence-electron chi connectivity index (χ4n) is 2.23. The van der Waals surface area contributed by atoms with Gasteiger partial charge in [0.2, 0.25) is 0 Å². The Bertz CT molecular complexity index is 459. The van der Waals surface area contributed by atoms with Crippen molar-refractivity contribution in [3.8, 4) is 0 Å². The first-order chi connectivity index (χ1) is 8.39. The van der Waals surface area contributed by atoms with Crippen LogP contribution in [0.25, 0.3) is 0 Å². The molecule has 1 fully saturated rings. The van der Waals surface area contributed by atoms with Crippen LogP contribution < -0.4 is 0 Å². The van der Waals surface area contributed by atoms with Gasteiger partial charge in [-0.3, -0.25) is 4.98 Å². The highest BCUT2D eigenvalue weighted by Gasteiger charge is 2.35. The Morgan fingerprint density at radius 1 is 1.44 bits per heavy atom. The number of hydrogen-bond acceptors (Lipinski definition) is 2. The SMILES string of the molecule is CC(C)(C)[S@@](=O)N1CCC[C@@H]1c1cncc(F)c1. The van der Waals surface area contributed by atoms with E-state index in [-0.39, 0.29) is 16.6 Å². The number of rotatable bonds is 2. The van der Waals surface area contributed by atoms with E-state index in [9.17, 15) is 8.60 Å². The summed E-state index contributed by atoms with van der Waals surface area (Å²) in [6.45, 7) is 6.68. The van der Waals surface area contributed by atoms with E-state index in [1.807, 2.05) is 25.1 Å². The number of pyridine rings is 1. The maximum atomic E-state index is 13.2. The van der Waals surface area contributed by atoms with E-state index < -0.39 is 11.0 Å². The van der Waals surface area contributed by atoms with E-state index >= 15 is 0 Å². The third-order valence-corrected chi connectivity index (χ3v) is 4.96. The third kappa shape index (κ3) is 2.78. The van der Waals surface area contributed by atoms with Crippen LogP contribution in [-0.4, -0.2) is 24.8 Å². The molecule has 1 saturated heterocycles. The van der Waals surface area contributed by atoms with Crippen LogP contribution in [0.3, 0.4) is 0 Å². The van der Waals surface area contributed by atoms with Gasteiger partial charge in [0.1, 0.15) is 16.8 Å². The van der Waals surface area contributed by atoms with Crippen molar-refractivity contribution in [1.82, 2.24) is 9.29 Å². The van der Waals surface area contributed by atoms with Crippen molar-refractivity contribution in [2.75, 3.05) is 6.54 Å². The molecule has 2 heterocycles. The second kappa shape index (κ2) is 5.05. The zero-order chi connectivity index (χ0) is 13.3. The maximum Gasteiger partial charge on any atom is 0.141 e. The molecule has 1 aliphatic rings. The minimum absolute atomic E-state index is 0.0215. The quantitative estimate of drug-likeness (QED) is 0.828. The average Bonchev–Trinajstić information content (AvgIpc) is 2.75. The van der Waals surface area contributed by atoms with Crippen LogP contribution in [0.1, 0.15) is 45.2 Å². The van der Waals surface area contributed by atoms with Gasteiger partial charge in [0.15, 0.2) is 0 Å². The van der Waals surface area contributed by atoms with Gasteiger partial charge in [-0.25, -0.2) is 12.9 Å². The maximum absolute atomic E-state index is 13.2. The summed E-state index contributed by atoms with van der Waals surface area (Å²) < 4.78 is 27.4. The summed E-state index contributed by atoms with van der Waals surface area (Å²) in [4.78, 5) is 3.88. The van der Waals surface area contributed by atoms with Gasteiger partial charge in [-0.05, 0) is 45.2 Å². The molecule has 0 spiro atoms. The van der Waals surface area contributed by atoms with E-state index in [2.05, 4.69) is 4.98 Å². The zero-order valence-corrected chi connectivity index (χ0v) is 11.8. The molecule has 1 aromatic rings. The molecule has 1 aliphatic heterocycles. The van der Waals surface area contributed by atoms with Crippen molar-refractivity contribution >= 4 is 11.0 Å². The molecule has 2 atom stereocenters. The number of halogens is 1. The lowest BCUT2D eigenvalue weighted by atomic mass is 10.1. The van der Waals surface area contributed by atoms with Crippen LogP contribution in [0.2, 0.25) is 0 Å². The van der Waals surface area contributed by atoms with Gasteiger partial charge in [0, 0.05) is 18.8 Å². The lowest BCUT2D eigenvalue weighted by Gasteiger charge is -2.30. The van der Waals surface area contributed by atoms with Crippen molar-refractivity contribution in [1.29, 1.82) is 0 Å². The summed E-state index contributed by atoms with van der Waals surface area (Å²) in [6, 6.07) is 1.52. The normalized spacial score (nSPS) is 23.2. The van der Waals surface area contributed by atoms with E-state index in [1.165, 1.54) is 12.3 Å². The molecule has 1 aromatic heterocycles. The van der Waals surface area contributed by atoms with Crippen molar-refractivity contribution < 1.29 is 8.60 Å². The van der Waals surface area contributed by atoms with Crippen molar-refractivity contribution in [3.05, 3.63) is 29.8 Å². The van der Waals surface area contributed by atoms with Crippen molar-refractivity contribution in [2.45, 2.75) is 44.4 Å². The largest absolute Gasteiger partial charge is 0.261 e. The van der Waals surface area contributed by atoms with Crippen LogP contribution in [-0.2, 0) is 11.0 Å². The van der Waals surface area contributed by atoms with E-state index in [0.717, 1.165) is 24.9 Å². The lowest BCUT2D eigenvalue weighted by Crippen LogP contribution is -2.37. The minimum atomic E-state index is -1.07. The molecule has 0 aliphatic carbocycles. The van der Waals surface area contributed by atoms with Crippen molar-refractivity contribution in [2.24, 2.45) is 0 Å². The van der Waals surface area contributed by atoms with Crippen LogP contribution in [0, 0.1) is 5.82 Å². The molecule has 2 rings (SSSR count). The topological polar surface area (TPSA) is 33.2 Å². The van der Waals surface area contributed by atoms with Gasteiger partial charge in [-0.15, -0.1) is 0 Å². The molecule has 3 nitrogen and oxygen atoms in total. The Morgan fingerprint density at radius 2 is 2.17 bits per heavy atom. The van der Waals surface area contributed by atoms with Gasteiger partial charge in [0.05, 0.1) is 10.9 Å². The van der Waals surface area contributed by atoms with E-state index in [4.69, 9.17) is 0 Å². The predicted octanol–water partition coefficient (Wildman–Crippen LogP) is 2.82. The monoisotopic (exact) mass is 270 g/mol. The Kier molecular flexibility index (Phi) is 3.82. The molecule has 100 valence electrons. The van der Waals surface area contributed by atoms with Gasteiger partial charge in [-0.2, -0.15) is 0 Å². The van der Waals surface area contributed by atoms with E-state index in [1.54, 1.807) is 6.20 Å². The summed E-state index contributed by atoms with van der Waals surface area (Å²) in [7, 11) is -1.07. The highest BCUT2D eigenvalue weighted by molar-refractivity contribution is 7.84. The standard InChI is InChI=1S/C13H19FN2OS/c1-13(2,3)18(17)16-6-4-5-12(16)10-7-11(14)9-15-8-10/h7-9,12H,4-6H2,1-3H3/t12-,18-/m1/s1. The second-order valence-corrected chi connectivity index (χ2v) is 7.79. The molecule has 5 heteroatoms. The Hall–Kier alpha value is -0.810. The first-order valence-corrected chi connectivity index (χ1v) is 7.29. The summed E-state index contributed by atoms with van der Waals surface area (Å²) in [5, 5.41) is 0. The van der Waals surface area contributed by atoms with Crippen molar-refractivity contribution in [3.63, 3.8) is 0 Å². The molecule has 0 bridgehead atoms. The smallest absolute Gasteiger partial charge is 0.141 e. The molecule has 0 N–H and O–H groups in total. The zero-order valence-electron chi connectivity index (χ0n) is 11.0. The van der Waals surface area contributed by atoms with Gasteiger partial charge < -0.3 is 0 Å². The summed E-state index contributed by atoms with van der Waals surface area (Å²) in [5.41, 5.74) is 0.824. The molecule has 0 amide bonds. The fourth-order valence-corrected chi connectivity index (χ4v) is 3.69. The minimum Gasteiger partial charge on any atom is -0.261 e. The highest BCUT2D eigenvalue weighted by atomic mass is 32.2. The Morgan fingerprint density at radius 3 is 2.78 bits per heavy atom. The molecule has 0 saturated carbocycles. The number of nitrogens with zero attached hydrogens (tertiary/aromatic N) is 2. The van der Waals surface area contributed by atoms with Gasteiger partial charge in [-0.1, -0.05) is 0 Å². The predicted molar refractivity (Wildman–Crippen MR) is 70.8 cm³/mol. The molecular formula is C13H19FN2OS. The van der Waals surface area contributed by atoms with Crippen LogP contribution >= 0.6 is 0 Å². The first kappa shape index (κ1) is 13.6. The number of aromatic nitrogens is 1. The first-order valence-electron chi connectivity index (χ1n) is 6.18. The Balaban J connectivity index is 2.25. The average molecular weight is 270 g/mol. The summed E-state index contributed by atoms with van der Waals surface area (Å²) in [6.07, 6.45) is 4.77. The molecule has 0 aromatic carbocycles. The Labute approximate surface area is 110 Å². The van der Waals surface area contributed by atoms with Crippen LogP contribution in [0.15, 0.2) is 18.5 Å². The second-order valence-electron chi connectivity index (χ2n) is 5.60. The summed E-state index contributed by atoms with van der Waals surface area (Å²) in [5.74, 6) is -0.333. The molecular weight excluding hydrogens is 251 g/mol. The highest BCUT2D eigenvalue weighted by Crippen LogP contribution is 2.35. The fraction of sp³-hybridized carbons (Fsp3) is 0.615. The third-order valence-electron chi connectivity index (χ3n) is 3.05. The van der Waals surface area contributed by atoms with Gasteiger partial charge >= 0.3 is 0 Å². The molecule has 0 unspecified atom stereocenters. The lowest BCUT2D eigenvalue weighted by molar-refractivity contribution is 0.413. The van der Waals surface area contributed by atoms with E-state index in [0.29, 0.717) is 0 Å². The molecule has 18 heavy (non-hydrogen) atoms. The summed E-state index contributed by atoms with van der Waals surface area (Å²) >= 11 is 0.